The fourth-order valence-corrected chi connectivity index (χ4v) is 4.71. The summed E-state index contributed by atoms with van der Waals surface area (Å²) in [5, 5.41) is 4.55. The molecule has 0 bridgehead atoms. The maximum atomic E-state index is 13.0. The average molecular weight is 376 g/mol. The Hall–Kier alpha value is -2.02. The molecule has 1 saturated heterocycles. The van der Waals surface area contributed by atoms with Crippen LogP contribution in [0.4, 0.5) is 5.69 Å². The van der Waals surface area contributed by atoms with E-state index in [4.69, 9.17) is 11.6 Å². The monoisotopic (exact) mass is 375 g/mol. The van der Waals surface area contributed by atoms with E-state index in [1.165, 1.54) is 12.1 Å². The molecule has 3 aromatic rings. The molecule has 0 atom stereocenters. The van der Waals surface area contributed by atoms with Gasteiger partial charge in [-0.25, -0.2) is 8.42 Å². The van der Waals surface area contributed by atoms with Gasteiger partial charge in [0.05, 0.1) is 9.79 Å². The first-order chi connectivity index (χ1) is 12.1. The van der Waals surface area contributed by atoms with E-state index >= 15 is 0 Å². The molecule has 1 aliphatic heterocycles. The molecule has 25 heavy (non-hydrogen) atoms. The van der Waals surface area contributed by atoms with Crippen LogP contribution in [0.3, 0.4) is 0 Å². The Labute approximate surface area is 151 Å². The van der Waals surface area contributed by atoms with Crippen LogP contribution in [-0.2, 0) is 9.84 Å². The number of fused-ring (bicyclic) bond motifs is 1. The number of halogens is 1. The van der Waals surface area contributed by atoms with Gasteiger partial charge in [-0.2, -0.15) is 0 Å². The standard InChI is InChI=1S/C18H18ClN3O2S/c19-13-1-4-15(5-2-13)25(23,24)18-12-21-17-6-3-14(11-16(17)18)22-9-7-20-8-10-22/h1-6,11-12,20-21H,7-10H2. The van der Waals surface area contributed by atoms with Crippen molar-refractivity contribution in [2.24, 2.45) is 0 Å². The molecule has 2 N–H and O–H groups in total. The number of hydrogen-bond acceptors (Lipinski definition) is 4. The first-order valence-corrected chi connectivity index (χ1v) is 9.99. The van der Waals surface area contributed by atoms with Crippen molar-refractivity contribution < 1.29 is 8.42 Å². The lowest BCUT2D eigenvalue weighted by Gasteiger charge is -2.29. The number of sulfone groups is 1. The highest BCUT2D eigenvalue weighted by Gasteiger charge is 2.22. The number of nitrogens with zero attached hydrogens (tertiary/aromatic N) is 1. The lowest BCUT2D eigenvalue weighted by Crippen LogP contribution is -2.43. The van der Waals surface area contributed by atoms with E-state index < -0.39 is 9.84 Å². The fourth-order valence-electron chi connectivity index (χ4n) is 3.17. The Balaban J connectivity index is 1.80. The van der Waals surface area contributed by atoms with Gasteiger partial charge in [0, 0.05) is 54.0 Å². The van der Waals surface area contributed by atoms with Crippen LogP contribution in [0.2, 0.25) is 5.02 Å². The van der Waals surface area contributed by atoms with Gasteiger partial charge in [-0.05, 0) is 42.5 Å². The minimum absolute atomic E-state index is 0.241. The minimum Gasteiger partial charge on any atom is -0.369 e. The molecule has 0 spiro atoms. The molecule has 0 saturated carbocycles. The Bertz CT molecular complexity index is 1010. The predicted molar refractivity (Wildman–Crippen MR) is 100 cm³/mol. The predicted octanol–water partition coefficient (Wildman–Crippen LogP) is 3.06. The second-order valence-electron chi connectivity index (χ2n) is 6.08. The van der Waals surface area contributed by atoms with E-state index in [0.717, 1.165) is 37.4 Å². The van der Waals surface area contributed by atoms with Crippen LogP contribution in [0.25, 0.3) is 10.9 Å². The number of nitrogens with one attached hydrogen (secondary N) is 2. The quantitative estimate of drug-likeness (QED) is 0.738. The van der Waals surface area contributed by atoms with E-state index in [2.05, 4.69) is 15.2 Å². The molecule has 0 unspecified atom stereocenters. The third kappa shape index (κ3) is 3.01. The van der Waals surface area contributed by atoms with Crippen molar-refractivity contribution in [3.63, 3.8) is 0 Å². The van der Waals surface area contributed by atoms with Crippen molar-refractivity contribution in [1.29, 1.82) is 0 Å². The Morgan fingerprint density at radius 3 is 2.44 bits per heavy atom. The van der Waals surface area contributed by atoms with Crippen LogP contribution >= 0.6 is 11.6 Å². The summed E-state index contributed by atoms with van der Waals surface area (Å²) in [5.41, 5.74) is 1.85. The summed E-state index contributed by atoms with van der Waals surface area (Å²) in [6, 6.07) is 12.2. The number of hydrogen-bond donors (Lipinski definition) is 2. The minimum atomic E-state index is -3.61. The highest BCUT2D eigenvalue weighted by atomic mass is 35.5. The van der Waals surface area contributed by atoms with Gasteiger partial charge < -0.3 is 15.2 Å². The highest BCUT2D eigenvalue weighted by molar-refractivity contribution is 7.91. The maximum Gasteiger partial charge on any atom is 0.208 e. The number of rotatable bonds is 3. The molecule has 2 heterocycles. The molecule has 2 aromatic carbocycles. The molecule has 1 fully saturated rings. The van der Waals surface area contributed by atoms with Crippen molar-refractivity contribution in [1.82, 2.24) is 10.3 Å². The average Bonchev–Trinajstić information content (AvgIpc) is 3.07. The second-order valence-corrected chi connectivity index (χ2v) is 8.43. The number of anilines is 1. The summed E-state index contributed by atoms with van der Waals surface area (Å²) in [7, 11) is -3.61. The van der Waals surface area contributed by atoms with E-state index in [-0.39, 0.29) is 4.90 Å². The molecular weight excluding hydrogens is 358 g/mol. The lowest BCUT2D eigenvalue weighted by molar-refractivity contribution is 0.589. The van der Waals surface area contributed by atoms with Crippen LogP contribution in [0.5, 0.6) is 0 Å². The fraction of sp³-hybridized carbons (Fsp3) is 0.222. The Morgan fingerprint density at radius 1 is 1.00 bits per heavy atom. The summed E-state index contributed by atoms with van der Waals surface area (Å²) in [5.74, 6) is 0. The summed E-state index contributed by atoms with van der Waals surface area (Å²) in [6.07, 6.45) is 1.57. The van der Waals surface area contributed by atoms with Gasteiger partial charge in [-0.3, -0.25) is 0 Å². The zero-order valence-corrected chi connectivity index (χ0v) is 15.1. The summed E-state index contributed by atoms with van der Waals surface area (Å²) >= 11 is 5.88. The molecule has 1 aliphatic rings. The van der Waals surface area contributed by atoms with Gasteiger partial charge in [-0.15, -0.1) is 0 Å². The van der Waals surface area contributed by atoms with Crippen molar-refractivity contribution in [3.05, 3.63) is 53.7 Å². The first-order valence-electron chi connectivity index (χ1n) is 8.13. The van der Waals surface area contributed by atoms with Crippen LogP contribution in [0.15, 0.2) is 58.5 Å². The van der Waals surface area contributed by atoms with Crippen molar-refractivity contribution in [3.8, 4) is 0 Å². The summed E-state index contributed by atoms with van der Waals surface area (Å²) < 4.78 is 26.0. The van der Waals surface area contributed by atoms with Gasteiger partial charge in [0.15, 0.2) is 0 Å². The van der Waals surface area contributed by atoms with Crippen LogP contribution in [0, 0.1) is 0 Å². The molecule has 0 radical (unpaired) electrons. The van der Waals surface area contributed by atoms with Crippen molar-refractivity contribution >= 4 is 38.0 Å². The van der Waals surface area contributed by atoms with Crippen LogP contribution < -0.4 is 10.2 Å². The van der Waals surface area contributed by atoms with E-state index in [1.807, 2.05) is 18.2 Å². The van der Waals surface area contributed by atoms with Gasteiger partial charge in [0.2, 0.25) is 9.84 Å². The molecule has 0 amide bonds. The van der Waals surface area contributed by atoms with Gasteiger partial charge >= 0.3 is 0 Å². The summed E-state index contributed by atoms with van der Waals surface area (Å²) in [6.45, 7) is 3.69. The zero-order valence-electron chi connectivity index (χ0n) is 13.5. The lowest BCUT2D eigenvalue weighted by atomic mass is 10.2. The summed E-state index contributed by atoms with van der Waals surface area (Å²) in [4.78, 5) is 5.87. The van der Waals surface area contributed by atoms with Gasteiger partial charge in [-0.1, -0.05) is 11.6 Å². The third-order valence-corrected chi connectivity index (χ3v) is 6.58. The van der Waals surface area contributed by atoms with Crippen molar-refractivity contribution in [2.45, 2.75) is 9.79 Å². The van der Waals surface area contributed by atoms with Crippen molar-refractivity contribution in [2.75, 3.05) is 31.1 Å². The second kappa shape index (κ2) is 6.37. The van der Waals surface area contributed by atoms with Gasteiger partial charge in [0.25, 0.3) is 0 Å². The smallest absolute Gasteiger partial charge is 0.208 e. The van der Waals surface area contributed by atoms with Gasteiger partial charge in [0.1, 0.15) is 0 Å². The van der Waals surface area contributed by atoms with E-state index in [1.54, 1.807) is 18.3 Å². The normalized spacial score (nSPS) is 15.6. The Kier molecular flexibility index (Phi) is 4.19. The van der Waals surface area contributed by atoms with E-state index in [0.29, 0.717) is 15.3 Å². The third-order valence-electron chi connectivity index (χ3n) is 4.52. The molecule has 7 heteroatoms. The highest BCUT2D eigenvalue weighted by Crippen LogP contribution is 2.31. The molecule has 5 nitrogen and oxygen atoms in total. The maximum absolute atomic E-state index is 13.0. The first kappa shape index (κ1) is 16.4. The SMILES string of the molecule is O=S(=O)(c1ccc(Cl)cc1)c1c[nH]c2ccc(N3CCNCC3)cc12. The topological polar surface area (TPSA) is 65.2 Å². The Morgan fingerprint density at radius 2 is 1.72 bits per heavy atom. The molecular formula is C18H18ClN3O2S. The number of aromatic amines is 1. The number of benzene rings is 2. The molecule has 130 valence electrons. The molecule has 4 rings (SSSR count). The largest absolute Gasteiger partial charge is 0.369 e. The zero-order chi connectivity index (χ0) is 17.4. The van der Waals surface area contributed by atoms with Crippen LogP contribution in [0.1, 0.15) is 0 Å². The number of H-pyrrole nitrogens is 1. The number of aromatic nitrogens is 1. The van der Waals surface area contributed by atoms with E-state index in [9.17, 15) is 8.42 Å². The molecule has 1 aromatic heterocycles. The number of piperazine rings is 1. The molecule has 0 aliphatic carbocycles. The van der Waals surface area contributed by atoms with Crippen LogP contribution in [-0.4, -0.2) is 39.6 Å².